The van der Waals surface area contributed by atoms with Crippen LogP contribution in [0, 0.1) is 27.9 Å². The fourth-order valence-corrected chi connectivity index (χ4v) is 5.64. The monoisotopic (exact) mass is 434 g/mol. The maximum absolute atomic E-state index is 12.5. The Kier molecular flexibility index (Phi) is 4.49. The lowest BCUT2D eigenvalue weighted by atomic mass is 9.79. The van der Waals surface area contributed by atoms with Crippen molar-refractivity contribution in [3.8, 4) is 0 Å². The van der Waals surface area contributed by atoms with Crippen LogP contribution in [0.5, 0.6) is 0 Å². The van der Waals surface area contributed by atoms with Crippen LogP contribution in [0.2, 0.25) is 0 Å². The van der Waals surface area contributed by atoms with Crippen molar-refractivity contribution >= 4 is 38.6 Å². The van der Waals surface area contributed by atoms with Crippen LogP contribution in [0.15, 0.2) is 16.9 Å². The number of aryl methyl sites for hydroxylation is 1. The summed E-state index contributed by atoms with van der Waals surface area (Å²) in [6.07, 6.45) is 5.57. The van der Waals surface area contributed by atoms with E-state index in [4.69, 9.17) is 0 Å². The molecular formula is C19H23BrN4O3. The molecule has 2 aromatic heterocycles. The molecule has 1 saturated heterocycles. The van der Waals surface area contributed by atoms with E-state index in [1.165, 1.54) is 6.20 Å². The number of hydrogen-bond donors (Lipinski definition) is 0. The van der Waals surface area contributed by atoms with Gasteiger partial charge < -0.3 is 9.47 Å². The largest absolute Gasteiger partial charge is 0.342 e. The maximum Gasteiger partial charge on any atom is 0.302 e. The lowest BCUT2D eigenvalue weighted by molar-refractivity contribution is -0.385. The second-order valence-corrected chi connectivity index (χ2v) is 8.92. The predicted octanol–water partition coefficient (Wildman–Crippen LogP) is 3.85. The van der Waals surface area contributed by atoms with Crippen LogP contribution >= 0.6 is 15.9 Å². The van der Waals surface area contributed by atoms with Crippen LogP contribution in [0.4, 0.5) is 5.69 Å². The summed E-state index contributed by atoms with van der Waals surface area (Å²) >= 11 is 3.47. The summed E-state index contributed by atoms with van der Waals surface area (Å²) in [5.41, 5.74) is 1.87. The number of rotatable bonds is 3. The summed E-state index contributed by atoms with van der Waals surface area (Å²) in [5, 5.41) is 12.2. The van der Waals surface area contributed by atoms with Crippen LogP contribution in [0.25, 0.3) is 11.0 Å². The number of pyridine rings is 1. The molecule has 8 heteroatoms. The molecule has 1 unspecified atom stereocenters. The fraction of sp³-hybridized carbons (Fsp3) is 0.579. The molecule has 3 atom stereocenters. The molecule has 2 bridgehead atoms. The van der Waals surface area contributed by atoms with Crippen molar-refractivity contribution in [3.05, 3.63) is 32.5 Å². The fourth-order valence-electron chi connectivity index (χ4n) is 4.98. The van der Waals surface area contributed by atoms with Gasteiger partial charge in [-0.25, -0.2) is 4.98 Å². The average Bonchev–Trinajstić information content (AvgIpc) is 3.07. The number of amides is 1. The summed E-state index contributed by atoms with van der Waals surface area (Å²) in [7, 11) is 1.93. The first kappa shape index (κ1) is 18.4. The van der Waals surface area contributed by atoms with Gasteiger partial charge in [-0.3, -0.25) is 14.9 Å². The Morgan fingerprint density at radius 3 is 2.52 bits per heavy atom. The molecular weight excluding hydrogens is 412 g/mol. The van der Waals surface area contributed by atoms with Gasteiger partial charge in [-0.1, -0.05) is 13.8 Å². The molecule has 7 nitrogen and oxygen atoms in total. The van der Waals surface area contributed by atoms with Crippen molar-refractivity contribution < 1.29 is 9.72 Å². The van der Waals surface area contributed by atoms with Crippen molar-refractivity contribution in [2.24, 2.45) is 24.8 Å². The molecule has 1 aliphatic carbocycles. The Labute approximate surface area is 166 Å². The number of carbonyl (C=O) groups excluding carboxylic acids is 1. The number of aromatic nitrogens is 2. The van der Waals surface area contributed by atoms with Gasteiger partial charge in [-0.05, 0) is 52.1 Å². The first-order valence-corrected chi connectivity index (χ1v) is 10.2. The number of nitrogens with zero attached hydrogens (tertiary/aromatic N) is 4. The highest BCUT2D eigenvalue weighted by atomic mass is 79.9. The van der Waals surface area contributed by atoms with Crippen LogP contribution in [0.1, 0.15) is 38.2 Å². The molecule has 2 aromatic rings. The maximum atomic E-state index is 12.5. The van der Waals surface area contributed by atoms with Gasteiger partial charge in [0.2, 0.25) is 5.91 Å². The average molecular weight is 435 g/mol. The molecule has 1 saturated carbocycles. The Bertz CT molecular complexity index is 925. The smallest absolute Gasteiger partial charge is 0.302 e. The van der Waals surface area contributed by atoms with Gasteiger partial charge in [0, 0.05) is 37.6 Å². The summed E-state index contributed by atoms with van der Waals surface area (Å²) < 4.78 is 2.46. The molecule has 2 aliphatic rings. The second-order valence-electron chi connectivity index (χ2n) is 8.13. The molecule has 0 N–H and O–H groups in total. The summed E-state index contributed by atoms with van der Waals surface area (Å²) in [6, 6.07) is 0. The van der Waals surface area contributed by atoms with Gasteiger partial charge in [-0.2, -0.15) is 0 Å². The van der Waals surface area contributed by atoms with E-state index in [-0.39, 0.29) is 17.5 Å². The molecule has 27 heavy (non-hydrogen) atoms. The van der Waals surface area contributed by atoms with Crippen LogP contribution in [0.3, 0.4) is 0 Å². The van der Waals surface area contributed by atoms with Gasteiger partial charge in [0.25, 0.3) is 0 Å². The molecule has 1 aliphatic heterocycles. The Morgan fingerprint density at radius 1 is 1.33 bits per heavy atom. The van der Waals surface area contributed by atoms with Crippen LogP contribution < -0.4 is 0 Å². The zero-order valence-electron chi connectivity index (χ0n) is 15.7. The zero-order chi connectivity index (χ0) is 19.5. The van der Waals surface area contributed by atoms with E-state index in [9.17, 15) is 14.9 Å². The first-order valence-electron chi connectivity index (χ1n) is 9.36. The molecule has 0 aromatic carbocycles. The first-order chi connectivity index (χ1) is 12.8. The van der Waals surface area contributed by atoms with Gasteiger partial charge in [-0.15, -0.1) is 0 Å². The highest BCUT2D eigenvalue weighted by Gasteiger charge is 2.45. The van der Waals surface area contributed by atoms with E-state index in [1.54, 1.807) is 0 Å². The zero-order valence-corrected chi connectivity index (χ0v) is 17.3. The van der Waals surface area contributed by atoms with Crippen molar-refractivity contribution in [3.63, 3.8) is 0 Å². The lowest BCUT2D eigenvalue weighted by Gasteiger charge is -2.39. The number of hydrogen-bond acceptors (Lipinski definition) is 4. The predicted molar refractivity (Wildman–Crippen MR) is 105 cm³/mol. The van der Waals surface area contributed by atoms with E-state index in [0.29, 0.717) is 22.2 Å². The molecule has 0 radical (unpaired) electrons. The highest BCUT2D eigenvalue weighted by molar-refractivity contribution is 9.10. The van der Waals surface area contributed by atoms with E-state index in [1.807, 2.05) is 30.4 Å². The van der Waals surface area contributed by atoms with E-state index in [2.05, 4.69) is 27.1 Å². The van der Waals surface area contributed by atoms with Crippen molar-refractivity contribution in [1.82, 2.24) is 14.5 Å². The Balaban J connectivity index is 1.77. The third-order valence-corrected chi connectivity index (χ3v) is 6.93. The number of fused-ring (bicyclic) bond motifs is 3. The molecule has 1 amide bonds. The molecule has 2 fully saturated rings. The van der Waals surface area contributed by atoms with E-state index < -0.39 is 4.92 Å². The molecule has 3 heterocycles. The van der Waals surface area contributed by atoms with Crippen molar-refractivity contribution in [2.45, 2.75) is 32.6 Å². The second kappa shape index (κ2) is 6.58. The lowest BCUT2D eigenvalue weighted by Crippen LogP contribution is -2.45. The van der Waals surface area contributed by atoms with Gasteiger partial charge in [0.05, 0.1) is 4.92 Å². The SMILES string of the molecule is CC(C)C(=O)N1C[C@H]2CC[C@@H](C1)C2c1cn(C)c2ncc([N+](=O)[O-])c(Br)c12. The van der Waals surface area contributed by atoms with Crippen LogP contribution in [-0.4, -0.2) is 38.4 Å². The highest BCUT2D eigenvalue weighted by Crippen LogP contribution is 2.51. The van der Waals surface area contributed by atoms with Crippen molar-refractivity contribution in [2.75, 3.05) is 13.1 Å². The summed E-state index contributed by atoms with van der Waals surface area (Å²) in [5.74, 6) is 1.33. The minimum absolute atomic E-state index is 0.00489. The third kappa shape index (κ3) is 2.85. The van der Waals surface area contributed by atoms with Crippen LogP contribution in [-0.2, 0) is 11.8 Å². The summed E-state index contributed by atoms with van der Waals surface area (Å²) in [4.78, 5) is 29.8. The minimum atomic E-state index is -0.397. The molecule has 4 rings (SSSR count). The van der Waals surface area contributed by atoms with Gasteiger partial charge in [0.1, 0.15) is 16.3 Å². The number of likely N-dealkylation sites (tertiary alicyclic amines) is 1. The standard InChI is InChI=1S/C19H23BrN4O3/c1-10(2)19(25)23-7-11-4-5-12(8-23)15(11)13-9-22(3)18-16(13)17(20)14(6-21-18)24(26)27/h6,9-12,15H,4-5,7-8H2,1-3H3/t11-,12+,15?. The topological polar surface area (TPSA) is 81.3 Å². The molecule has 144 valence electrons. The Hall–Kier alpha value is -1.96. The Morgan fingerprint density at radius 2 is 1.96 bits per heavy atom. The minimum Gasteiger partial charge on any atom is -0.342 e. The normalized spacial score (nSPS) is 24.8. The number of nitro groups is 1. The molecule has 0 spiro atoms. The summed E-state index contributed by atoms with van der Waals surface area (Å²) in [6.45, 7) is 5.44. The van der Waals surface area contributed by atoms with Gasteiger partial charge in [0.15, 0.2) is 0 Å². The number of piperidine rings is 1. The number of halogens is 1. The third-order valence-electron chi connectivity index (χ3n) is 6.13. The van der Waals surface area contributed by atoms with Gasteiger partial charge >= 0.3 is 5.69 Å². The van der Waals surface area contributed by atoms with Crippen molar-refractivity contribution in [1.29, 1.82) is 0 Å². The quantitative estimate of drug-likeness (QED) is 0.542. The van der Waals surface area contributed by atoms with E-state index >= 15 is 0 Å². The number of carbonyl (C=O) groups is 1. The van der Waals surface area contributed by atoms with E-state index in [0.717, 1.165) is 42.5 Å².